The van der Waals surface area contributed by atoms with Crippen molar-refractivity contribution in [2.45, 2.75) is 58.3 Å². The lowest BCUT2D eigenvalue weighted by atomic mass is 9.84. The first-order valence-corrected chi connectivity index (χ1v) is 7.54. The number of fused-ring (bicyclic) bond motifs is 1. The summed E-state index contributed by atoms with van der Waals surface area (Å²) in [5, 5.41) is 10.8. The van der Waals surface area contributed by atoms with Gasteiger partial charge in [0.05, 0.1) is 19.0 Å². The SMILES string of the molecule is CC(C)N1C[C@]2(O)CN(C(=O)OC(C)(C)C)CC[C@@H]2C1=O. The first kappa shape index (κ1) is 16.1. The Hall–Kier alpha value is -1.30. The van der Waals surface area contributed by atoms with E-state index in [2.05, 4.69) is 0 Å². The summed E-state index contributed by atoms with van der Waals surface area (Å²) in [7, 11) is 0. The lowest BCUT2D eigenvalue weighted by Crippen LogP contribution is -2.56. The number of aliphatic hydroxyl groups is 1. The van der Waals surface area contributed by atoms with E-state index >= 15 is 0 Å². The molecule has 2 rings (SSSR count). The third-order valence-electron chi connectivity index (χ3n) is 4.10. The molecule has 2 heterocycles. The molecule has 0 aromatic heterocycles. The molecule has 2 atom stereocenters. The van der Waals surface area contributed by atoms with E-state index in [9.17, 15) is 14.7 Å². The lowest BCUT2D eigenvalue weighted by Gasteiger charge is -2.39. The average Bonchev–Trinajstić information content (AvgIpc) is 2.59. The molecule has 0 spiro atoms. The van der Waals surface area contributed by atoms with E-state index in [1.54, 1.807) is 4.90 Å². The van der Waals surface area contributed by atoms with Gasteiger partial charge in [0.2, 0.25) is 5.91 Å². The van der Waals surface area contributed by atoms with Gasteiger partial charge in [0, 0.05) is 12.6 Å². The van der Waals surface area contributed by atoms with Crippen LogP contribution in [0.4, 0.5) is 4.79 Å². The summed E-state index contributed by atoms with van der Waals surface area (Å²) in [6, 6.07) is 0.0575. The molecule has 0 saturated carbocycles. The topological polar surface area (TPSA) is 70.1 Å². The quantitative estimate of drug-likeness (QED) is 0.790. The maximum absolute atomic E-state index is 12.3. The van der Waals surface area contributed by atoms with Crippen molar-refractivity contribution in [1.82, 2.24) is 9.80 Å². The molecule has 0 bridgehead atoms. The number of piperidine rings is 1. The fraction of sp³-hybridized carbons (Fsp3) is 0.867. The third kappa shape index (κ3) is 3.15. The number of carbonyl (C=O) groups is 2. The van der Waals surface area contributed by atoms with Crippen LogP contribution in [0.2, 0.25) is 0 Å². The van der Waals surface area contributed by atoms with Crippen LogP contribution >= 0.6 is 0 Å². The van der Waals surface area contributed by atoms with Gasteiger partial charge in [-0.15, -0.1) is 0 Å². The summed E-state index contributed by atoms with van der Waals surface area (Å²) < 4.78 is 5.35. The summed E-state index contributed by atoms with van der Waals surface area (Å²) in [5.41, 5.74) is -1.72. The molecule has 6 nitrogen and oxygen atoms in total. The summed E-state index contributed by atoms with van der Waals surface area (Å²) in [6.07, 6.45) is 0.0578. The Morgan fingerprint density at radius 1 is 1.38 bits per heavy atom. The number of nitrogens with zero attached hydrogens (tertiary/aromatic N) is 2. The zero-order valence-electron chi connectivity index (χ0n) is 13.5. The van der Waals surface area contributed by atoms with Crippen LogP contribution < -0.4 is 0 Å². The Balaban J connectivity index is 2.09. The van der Waals surface area contributed by atoms with E-state index in [1.165, 1.54) is 4.90 Å². The van der Waals surface area contributed by atoms with Gasteiger partial charge in [-0.3, -0.25) is 4.79 Å². The van der Waals surface area contributed by atoms with Gasteiger partial charge in [-0.1, -0.05) is 0 Å². The average molecular weight is 298 g/mol. The summed E-state index contributed by atoms with van der Waals surface area (Å²) >= 11 is 0. The van der Waals surface area contributed by atoms with Crippen molar-refractivity contribution >= 4 is 12.0 Å². The molecule has 0 aromatic rings. The predicted molar refractivity (Wildman–Crippen MR) is 77.7 cm³/mol. The molecule has 2 amide bonds. The highest BCUT2D eigenvalue weighted by molar-refractivity contribution is 5.84. The van der Waals surface area contributed by atoms with Crippen LogP contribution in [0, 0.1) is 5.92 Å². The zero-order chi connectivity index (χ0) is 16.0. The molecule has 1 N–H and O–H groups in total. The highest BCUT2D eigenvalue weighted by Gasteiger charge is 2.55. The number of amides is 2. The van der Waals surface area contributed by atoms with Crippen molar-refractivity contribution in [3.8, 4) is 0 Å². The number of ether oxygens (including phenoxy) is 1. The lowest BCUT2D eigenvalue weighted by molar-refractivity contribution is -0.135. The Morgan fingerprint density at radius 2 is 2.00 bits per heavy atom. The molecule has 0 aromatic carbocycles. The summed E-state index contributed by atoms with van der Waals surface area (Å²) in [4.78, 5) is 27.7. The van der Waals surface area contributed by atoms with E-state index in [-0.39, 0.29) is 25.0 Å². The summed E-state index contributed by atoms with van der Waals surface area (Å²) in [6.45, 7) is 10.2. The van der Waals surface area contributed by atoms with Crippen molar-refractivity contribution in [1.29, 1.82) is 0 Å². The molecular weight excluding hydrogens is 272 g/mol. The third-order valence-corrected chi connectivity index (χ3v) is 4.10. The molecule has 0 aliphatic carbocycles. The van der Waals surface area contributed by atoms with Gasteiger partial charge < -0.3 is 19.6 Å². The number of hydrogen-bond donors (Lipinski definition) is 1. The Kier molecular flexibility index (Phi) is 3.95. The molecule has 2 fully saturated rings. The molecular formula is C15H26N2O4. The Labute approximate surface area is 126 Å². The van der Waals surface area contributed by atoms with Gasteiger partial charge in [0.25, 0.3) is 0 Å². The molecule has 21 heavy (non-hydrogen) atoms. The Bertz CT molecular complexity index is 443. The normalized spacial score (nSPS) is 29.9. The van der Waals surface area contributed by atoms with Crippen LogP contribution in [0.1, 0.15) is 41.0 Å². The number of carbonyl (C=O) groups excluding carboxylic acids is 2. The van der Waals surface area contributed by atoms with Crippen molar-refractivity contribution < 1.29 is 19.4 Å². The fourth-order valence-electron chi connectivity index (χ4n) is 3.08. The van der Waals surface area contributed by atoms with Gasteiger partial charge in [0.1, 0.15) is 11.2 Å². The minimum absolute atomic E-state index is 0.00339. The molecule has 2 aliphatic heterocycles. The number of hydrogen-bond acceptors (Lipinski definition) is 4. The van der Waals surface area contributed by atoms with E-state index in [1.807, 2.05) is 34.6 Å². The van der Waals surface area contributed by atoms with Crippen LogP contribution in [-0.2, 0) is 9.53 Å². The van der Waals surface area contributed by atoms with Gasteiger partial charge in [0.15, 0.2) is 0 Å². The molecule has 6 heteroatoms. The Morgan fingerprint density at radius 3 is 2.52 bits per heavy atom. The van der Waals surface area contributed by atoms with Crippen LogP contribution in [-0.4, -0.2) is 63.8 Å². The van der Waals surface area contributed by atoms with Crippen LogP contribution in [0.15, 0.2) is 0 Å². The number of likely N-dealkylation sites (tertiary alicyclic amines) is 2. The highest BCUT2D eigenvalue weighted by atomic mass is 16.6. The smallest absolute Gasteiger partial charge is 0.410 e. The van der Waals surface area contributed by atoms with Crippen molar-refractivity contribution in [3.63, 3.8) is 0 Å². The van der Waals surface area contributed by atoms with Gasteiger partial charge >= 0.3 is 6.09 Å². The van der Waals surface area contributed by atoms with Gasteiger partial charge in [-0.05, 0) is 41.0 Å². The maximum Gasteiger partial charge on any atom is 0.410 e. The zero-order valence-corrected chi connectivity index (χ0v) is 13.5. The minimum atomic E-state index is -1.16. The number of rotatable bonds is 1. The number of β-amino-alcohol motifs (C(OH)–C–C–N with tert-alkyl or cyclic N) is 1. The van der Waals surface area contributed by atoms with Gasteiger partial charge in [-0.2, -0.15) is 0 Å². The summed E-state index contributed by atoms with van der Waals surface area (Å²) in [5.74, 6) is -0.407. The van der Waals surface area contributed by atoms with E-state index in [0.29, 0.717) is 13.0 Å². The van der Waals surface area contributed by atoms with Crippen LogP contribution in [0.5, 0.6) is 0 Å². The standard InChI is InChI=1S/C15H26N2O4/c1-10(2)17-9-15(20)8-16(7-6-11(15)12(17)18)13(19)21-14(3,4)5/h10-11,20H,6-9H2,1-5H3/t11-,15-/m1/s1. The monoisotopic (exact) mass is 298 g/mol. The second-order valence-electron chi connectivity index (χ2n) is 7.41. The van der Waals surface area contributed by atoms with Crippen LogP contribution in [0.3, 0.4) is 0 Å². The van der Waals surface area contributed by atoms with E-state index in [0.717, 1.165) is 0 Å². The second kappa shape index (κ2) is 5.16. The largest absolute Gasteiger partial charge is 0.444 e. The highest BCUT2D eigenvalue weighted by Crippen LogP contribution is 2.37. The van der Waals surface area contributed by atoms with E-state index in [4.69, 9.17) is 4.74 Å². The van der Waals surface area contributed by atoms with Crippen molar-refractivity contribution in [2.75, 3.05) is 19.6 Å². The van der Waals surface area contributed by atoms with Crippen molar-refractivity contribution in [3.05, 3.63) is 0 Å². The molecule has 2 aliphatic rings. The van der Waals surface area contributed by atoms with Crippen LogP contribution in [0.25, 0.3) is 0 Å². The molecule has 0 radical (unpaired) electrons. The molecule has 0 unspecified atom stereocenters. The van der Waals surface area contributed by atoms with Gasteiger partial charge in [-0.25, -0.2) is 4.79 Å². The maximum atomic E-state index is 12.3. The first-order valence-electron chi connectivity index (χ1n) is 7.54. The molecule has 2 saturated heterocycles. The predicted octanol–water partition coefficient (Wildman–Crippen LogP) is 1.23. The minimum Gasteiger partial charge on any atom is -0.444 e. The van der Waals surface area contributed by atoms with Crippen molar-refractivity contribution in [2.24, 2.45) is 5.92 Å². The molecule has 120 valence electrons. The second-order valence-corrected chi connectivity index (χ2v) is 7.41. The first-order chi connectivity index (χ1) is 9.53. The van der Waals surface area contributed by atoms with E-state index < -0.39 is 23.2 Å². The fourth-order valence-corrected chi connectivity index (χ4v) is 3.08.